The smallest absolute Gasteiger partial charge is 0.157 e. The summed E-state index contributed by atoms with van der Waals surface area (Å²) in [6, 6.07) is 8.32. The van der Waals surface area contributed by atoms with Crippen molar-refractivity contribution in [2.75, 3.05) is 25.1 Å². The number of anilines is 1. The lowest BCUT2D eigenvalue weighted by atomic mass is 10.2. The lowest BCUT2D eigenvalue weighted by molar-refractivity contribution is -0.162. The van der Waals surface area contributed by atoms with E-state index in [1.54, 1.807) is 0 Å². The van der Waals surface area contributed by atoms with Gasteiger partial charge in [0.15, 0.2) is 6.29 Å². The quantitative estimate of drug-likeness (QED) is 0.634. The second-order valence-electron chi connectivity index (χ2n) is 5.51. The van der Waals surface area contributed by atoms with Gasteiger partial charge in [0.05, 0.1) is 0 Å². The molecule has 1 aromatic carbocycles. The van der Waals surface area contributed by atoms with E-state index in [0.717, 1.165) is 37.1 Å². The standard InChI is InChI=1S/C17H26BrNO2/c18-15-8-10-16(11-9-15)19-12-4-1-2-5-13-20-17-7-3-6-14-21-17/h8-11,17,19H,1-7,12-14H2. The van der Waals surface area contributed by atoms with Crippen molar-refractivity contribution in [2.45, 2.75) is 51.2 Å². The summed E-state index contributed by atoms with van der Waals surface area (Å²) in [6.07, 6.45) is 8.38. The molecule has 1 aliphatic heterocycles. The number of benzene rings is 1. The predicted octanol–water partition coefficient (Wildman–Crippen LogP) is 4.96. The van der Waals surface area contributed by atoms with Crippen LogP contribution in [0.25, 0.3) is 0 Å². The highest BCUT2D eigenvalue weighted by Gasteiger charge is 2.13. The summed E-state index contributed by atoms with van der Waals surface area (Å²) in [5.41, 5.74) is 1.19. The van der Waals surface area contributed by atoms with Crippen molar-refractivity contribution >= 4 is 21.6 Å². The van der Waals surface area contributed by atoms with Gasteiger partial charge in [-0.2, -0.15) is 0 Å². The molecule has 1 fully saturated rings. The summed E-state index contributed by atoms with van der Waals surface area (Å²) in [5.74, 6) is 0. The molecule has 1 unspecified atom stereocenters. The van der Waals surface area contributed by atoms with Gasteiger partial charge in [-0.25, -0.2) is 0 Å². The van der Waals surface area contributed by atoms with Crippen LogP contribution in [0.15, 0.2) is 28.7 Å². The largest absolute Gasteiger partial charge is 0.385 e. The molecule has 21 heavy (non-hydrogen) atoms. The number of hydrogen-bond acceptors (Lipinski definition) is 3. The summed E-state index contributed by atoms with van der Waals surface area (Å²) >= 11 is 3.44. The lowest BCUT2D eigenvalue weighted by Gasteiger charge is -2.22. The topological polar surface area (TPSA) is 30.5 Å². The Balaban J connectivity index is 1.40. The van der Waals surface area contributed by atoms with Gasteiger partial charge in [0.1, 0.15) is 0 Å². The molecule has 0 saturated carbocycles. The van der Waals surface area contributed by atoms with Crippen LogP contribution in [-0.4, -0.2) is 26.0 Å². The van der Waals surface area contributed by atoms with Crippen LogP contribution >= 0.6 is 15.9 Å². The molecule has 0 radical (unpaired) electrons. The molecular weight excluding hydrogens is 330 g/mol. The Bertz CT molecular complexity index is 377. The fourth-order valence-electron chi connectivity index (χ4n) is 2.44. The van der Waals surface area contributed by atoms with Crippen molar-refractivity contribution in [2.24, 2.45) is 0 Å². The van der Waals surface area contributed by atoms with E-state index in [9.17, 15) is 0 Å². The first-order valence-corrected chi connectivity index (χ1v) is 8.86. The molecule has 1 saturated heterocycles. The van der Waals surface area contributed by atoms with E-state index in [0.29, 0.717) is 0 Å². The second kappa shape index (κ2) is 10.2. The van der Waals surface area contributed by atoms with Gasteiger partial charge in [-0.1, -0.05) is 28.8 Å². The fourth-order valence-corrected chi connectivity index (χ4v) is 2.70. The Morgan fingerprint density at radius 1 is 1.10 bits per heavy atom. The number of hydrogen-bond donors (Lipinski definition) is 1. The molecule has 1 aliphatic rings. The molecule has 1 heterocycles. The molecule has 0 bridgehead atoms. The molecule has 0 aliphatic carbocycles. The number of unbranched alkanes of at least 4 members (excludes halogenated alkanes) is 3. The predicted molar refractivity (Wildman–Crippen MR) is 90.6 cm³/mol. The summed E-state index contributed by atoms with van der Waals surface area (Å²) in [5, 5.41) is 3.44. The molecule has 2 rings (SSSR count). The van der Waals surface area contributed by atoms with Gasteiger partial charge in [0, 0.05) is 29.9 Å². The van der Waals surface area contributed by atoms with Gasteiger partial charge >= 0.3 is 0 Å². The van der Waals surface area contributed by atoms with Gasteiger partial charge in [0.25, 0.3) is 0 Å². The van der Waals surface area contributed by atoms with Crippen molar-refractivity contribution in [3.63, 3.8) is 0 Å². The molecule has 0 aromatic heterocycles. The van der Waals surface area contributed by atoms with E-state index in [1.165, 1.54) is 37.8 Å². The van der Waals surface area contributed by atoms with Crippen molar-refractivity contribution in [3.8, 4) is 0 Å². The molecule has 4 heteroatoms. The SMILES string of the molecule is Brc1ccc(NCCCCCCOC2CCCCO2)cc1. The molecule has 118 valence electrons. The number of rotatable bonds is 9. The summed E-state index contributed by atoms with van der Waals surface area (Å²) in [7, 11) is 0. The third-order valence-corrected chi connectivity index (χ3v) is 4.21. The molecule has 0 amide bonds. The van der Waals surface area contributed by atoms with Crippen LogP contribution in [0.4, 0.5) is 5.69 Å². The van der Waals surface area contributed by atoms with Crippen LogP contribution in [0, 0.1) is 0 Å². The first-order chi connectivity index (χ1) is 10.3. The van der Waals surface area contributed by atoms with Crippen LogP contribution in [0.3, 0.4) is 0 Å². The van der Waals surface area contributed by atoms with Crippen LogP contribution < -0.4 is 5.32 Å². The Morgan fingerprint density at radius 3 is 2.67 bits per heavy atom. The minimum atomic E-state index is 0.0674. The molecule has 0 spiro atoms. The zero-order valence-electron chi connectivity index (χ0n) is 12.7. The molecule has 3 nitrogen and oxygen atoms in total. The van der Waals surface area contributed by atoms with Gasteiger partial charge in [-0.05, 0) is 56.4 Å². The van der Waals surface area contributed by atoms with Crippen LogP contribution in [0.1, 0.15) is 44.9 Å². The Kier molecular flexibility index (Phi) is 8.15. The van der Waals surface area contributed by atoms with Gasteiger partial charge in [0.2, 0.25) is 0 Å². The molecule has 1 aromatic rings. The van der Waals surface area contributed by atoms with Crippen molar-refractivity contribution in [1.82, 2.24) is 0 Å². The highest BCUT2D eigenvalue weighted by molar-refractivity contribution is 9.10. The maximum Gasteiger partial charge on any atom is 0.157 e. The third-order valence-electron chi connectivity index (χ3n) is 3.69. The maximum absolute atomic E-state index is 5.73. The van der Waals surface area contributed by atoms with E-state index in [1.807, 2.05) is 0 Å². The summed E-state index contributed by atoms with van der Waals surface area (Å²) in [4.78, 5) is 0. The minimum absolute atomic E-state index is 0.0674. The van der Waals surface area contributed by atoms with Crippen molar-refractivity contribution in [3.05, 3.63) is 28.7 Å². The first-order valence-electron chi connectivity index (χ1n) is 8.07. The van der Waals surface area contributed by atoms with Crippen LogP contribution in [0.5, 0.6) is 0 Å². The first kappa shape index (κ1) is 16.8. The van der Waals surface area contributed by atoms with E-state index < -0.39 is 0 Å². The molecule has 1 atom stereocenters. The number of nitrogens with one attached hydrogen (secondary N) is 1. The highest BCUT2D eigenvalue weighted by Crippen LogP contribution is 2.15. The number of halogens is 1. The van der Waals surface area contributed by atoms with E-state index in [-0.39, 0.29) is 6.29 Å². The molecule has 1 N–H and O–H groups in total. The average molecular weight is 356 g/mol. The zero-order valence-corrected chi connectivity index (χ0v) is 14.2. The Hall–Kier alpha value is -0.580. The summed E-state index contributed by atoms with van der Waals surface area (Å²) < 4.78 is 12.4. The monoisotopic (exact) mass is 355 g/mol. The van der Waals surface area contributed by atoms with Gasteiger partial charge < -0.3 is 14.8 Å². The fraction of sp³-hybridized carbons (Fsp3) is 0.647. The van der Waals surface area contributed by atoms with Gasteiger partial charge in [-0.3, -0.25) is 0 Å². The molecular formula is C17H26BrNO2. The van der Waals surface area contributed by atoms with Crippen LogP contribution in [0.2, 0.25) is 0 Å². The maximum atomic E-state index is 5.73. The van der Waals surface area contributed by atoms with Crippen LogP contribution in [-0.2, 0) is 9.47 Å². The minimum Gasteiger partial charge on any atom is -0.385 e. The van der Waals surface area contributed by atoms with E-state index in [4.69, 9.17) is 9.47 Å². The number of ether oxygens (including phenoxy) is 2. The highest BCUT2D eigenvalue weighted by atomic mass is 79.9. The normalized spacial score (nSPS) is 18.6. The van der Waals surface area contributed by atoms with E-state index >= 15 is 0 Å². The van der Waals surface area contributed by atoms with Gasteiger partial charge in [-0.15, -0.1) is 0 Å². The third kappa shape index (κ3) is 7.30. The van der Waals surface area contributed by atoms with Crippen molar-refractivity contribution < 1.29 is 9.47 Å². The second-order valence-corrected chi connectivity index (χ2v) is 6.43. The van der Waals surface area contributed by atoms with E-state index in [2.05, 4.69) is 45.5 Å². The average Bonchev–Trinajstić information content (AvgIpc) is 2.53. The Labute approximate surface area is 136 Å². The zero-order chi connectivity index (χ0) is 14.8. The summed E-state index contributed by atoms with van der Waals surface area (Å²) in [6.45, 7) is 2.74. The lowest BCUT2D eigenvalue weighted by Crippen LogP contribution is -2.22. The Morgan fingerprint density at radius 2 is 1.90 bits per heavy atom. The van der Waals surface area contributed by atoms with Crippen molar-refractivity contribution in [1.29, 1.82) is 0 Å².